The van der Waals surface area contributed by atoms with Crippen LogP contribution in [0.3, 0.4) is 0 Å². The SMILES string of the molecule is C=CCCCOc1ncc(Br)cc1F. The Labute approximate surface area is 90.9 Å². The van der Waals surface area contributed by atoms with Gasteiger partial charge in [0.1, 0.15) is 0 Å². The molecule has 0 spiro atoms. The van der Waals surface area contributed by atoms with Crippen LogP contribution in [0.5, 0.6) is 5.88 Å². The zero-order valence-corrected chi connectivity index (χ0v) is 9.26. The summed E-state index contributed by atoms with van der Waals surface area (Å²) in [5, 5.41) is 0. The van der Waals surface area contributed by atoms with Crippen molar-refractivity contribution in [2.45, 2.75) is 12.8 Å². The normalized spacial score (nSPS) is 9.86. The molecule has 0 aliphatic carbocycles. The van der Waals surface area contributed by atoms with E-state index in [-0.39, 0.29) is 5.88 Å². The van der Waals surface area contributed by atoms with Crippen LogP contribution >= 0.6 is 15.9 Å². The monoisotopic (exact) mass is 259 g/mol. The number of unbranched alkanes of at least 4 members (excludes halogenated alkanes) is 1. The van der Waals surface area contributed by atoms with Crippen LogP contribution in [0.2, 0.25) is 0 Å². The Morgan fingerprint density at radius 3 is 3.07 bits per heavy atom. The van der Waals surface area contributed by atoms with Gasteiger partial charge in [-0.2, -0.15) is 0 Å². The molecule has 76 valence electrons. The Morgan fingerprint density at radius 1 is 1.64 bits per heavy atom. The summed E-state index contributed by atoms with van der Waals surface area (Å²) in [4.78, 5) is 3.81. The highest BCUT2D eigenvalue weighted by atomic mass is 79.9. The van der Waals surface area contributed by atoms with Gasteiger partial charge in [0.15, 0.2) is 5.82 Å². The maximum absolute atomic E-state index is 13.1. The van der Waals surface area contributed by atoms with Gasteiger partial charge in [0.2, 0.25) is 5.88 Å². The molecule has 0 amide bonds. The van der Waals surface area contributed by atoms with Crippen molar-refractivity contribution in [3.8, 4) is 5.88 Å². The number of halogens is 2. The molecule has 0 bridgehead atoms. The Kier molecular flexibility index (Phi) is 4.59. The van der Waals surface area contributed by atoms with Gasteiger partial charge in [-0.05, 0) is 34.8 Å². The molecule has 0 atom stereocenters. The van der Waals surface area contributed by atoms with Crippen molar-refractivity contribution >= 4 is 15.9 Å². The molecule has 0 saturated carbocycles. The lowest BCUT2D eigenvalue weighted by Crippen LogP contribution is -2.00. The van der Waals surface area contributed by atoms with E-state index in [0.717, 1.165) is 12.8 Å². The third-order valence-corrected chi connectivity index (χ3v) is 2.00. The number of aromatic nitrogens is 1. The van der Waals surface area contributed by atoms with E-state index < -0.39 is 5.82 Å². The quantitative estimate of drug-likeness (QED) is 0.598. The third-order valence-electron chi connectivity index (χ3n) is 1.57. The van der Waals surface area contributed by atoms with Crippen molar-refractivity contribution in [2.75, 3.05) is 6.61 Å². The lowest BCUT2D eigenvalue weighted by molar-refractivity contribution is 0.284. The lowest BCUT2D eigenvalue weighted by atomic mass is 10.3. The molecule has 14 heavy (non-hydrogen) atoms. The van der Waals surface area contributed by atoms with Gasteiger partial charge in [0, 0.05) is 10.7 Å². The van der Waals surface area contributed by atoms with Crippen molar-refractivity contribution in [1.29, 1.82) is 0 Å². The van der Waals surface area contributed by atoms with Crippen molar-refractivity contribution in [3.63, 3.8) is 0 Å². The molecule has 0 unspecified atom stereocenters. The second kappa shape index (κ2) is 5.75. The Morgan fingerprint density at radius 2 is 2.43 bits per heavy atom. The van der Waals surface area contributed by atoms with E-state index in [0.29, 0.717) is 11.1 Å². The van der Waals surface area contributed by atoms with Crippen molar-refractivity contribution in [1.82, 2.24) is 4.98 Å². The van der Waals surface area contributed by atoms with Crippen LogP contribution in [0.4, 0.5) is 4.39 Å². The molecular weight excluding hydrogens is 249 g/mol. The average molecular weight is 260 g/mol. The third kappa shape index (κ3) is 3.46. The van der Waals surface area contributed by atoms with E-state index in [2.05, 4.69) is 27.5 Å². The van der Waals surface area contributed by atoms with Crippen molar-refractivity contribution < 1.29 is 9.13 Å². The summed E-state index contributed by atoms with van der Waals surface area (Å²) in [5.74, 6) is -0.393. The lowest BCUT2D eigenvalue weighted by Gasteiger charge is -2.04. The van der Waals surface area contributed by atoms with Crippen LogP contribution in [0.25, 0.3) is 0 Å². The number of hydrogen-bond donors (Lipinski definition) is 0. The van der Waals surface area contributed by atoms with Crippen molar-refractivity contribution in [2.24, 2.45) is 0 Å². The molecule has 1 heterocycles. The first-order chi connectivity index (χ1) is 6.74. The Bertz CT molecular complexity index is 317. The van der Waals surface area contributed by atoms with Crippen LogP contribution < -0.4 is 4.74 Å². The molecule has 1 rings (SSSR count). The van der Waals surface area contributed by atoms with Crippen LogP contribution in [0, 0.1) is 5.82 Å². The summed E-state index contributed by atoms with van der Waals surface area (Å²) in [6.45, 7) is 4.04. The van der Waals surface area contributed by atoms with Crippen LogP contribution in [-0.4, -0.2) is 11.6 Å². The molecule has 1 aromatic rings. The number of hydrogen-bond acceptors (Lipinski definition) is 2. The molecule has 0 aromatic carbocycles. The Hall–Kier alpha value is -0.900. The van der Waals surface area contributed by atoms with Gasteiger partial charge in [0.25, 0.3) is 0 Å². The van der Waals surface area contributed by atoms with Gasteiger partial charge in [-0.15, -0.1) is 6.58 Å². The fraction of sp³-hybridized carbons (Fsp3) is 0.300. The molecule has 0 saturated heterocycles. The molecule has 0 N–H and O–H groups in total. The largest absolute Gasteiger partial charge is 0.476 e. The number of allylic oxidation sites excluding steroid dienone is 1. The predicted molar refractivity (Wildman–Crippen MR) is 56.8 cm³/mol. The minimum atomic E-state index is -0.446. The van der Waals surface area contributed by atoms with Gasteiger partial charge in [0.05, 0.1) is 6.61 Å². The highest BCUT2D eigenvalue weighted by Crippen LogP contribution is 2.17. The summed E-state index contributed by atoms with van der Waals surface area (Å²) in [5.41, 5.74) is 0. The highest BCUT2D eigenvalue weighted by Gasteiger charge is 2.04. The standard InChI is InChI=1S/C10H11BrFNO/c1-2-3-4-5-14-10-9(12)6-8(11)7-13-10/h2,6-7H,1,3-5H2. The summed E-state index contributed by atoms with van der Waals surface area (Å²) < 4.78 is 18.9. The topological polar surface area (TPSA) is 22.1 Å². The second-order valence-electron chi connectivity index (χ2n) is 2.72. The molecule has 1 aromatic heterocycles. The summed E-state index contributed by atoms with van der Waals surface area (Å²) in [7, 11) is 0. The van der Waals surface area contributed by atoms with E-state index in [1.807, 2.05) is 0 Å². The fourth-order valence-electron chi connectivity index (χ4n) is 0.905. The Balaban J connectivity index is 2.46. The van der Waals surface area contributed by atoms with Crippen molar-refractivity contribution in [3.05, 3.63) is 35.2 Å². The summed E-state index contributed by atoms with van der Waals surface area (Å²) in [6.07, 6.45) is 4.99. The first-order valence-electron chi connectivity index (χ1n) is 4.29. The second-order valence-corrected chi connectivity index (χ2v) is 3.64. The summed E-state index contributed by atoms with van der Waals surface area (Å²) >= 11 is 3.12. The molecule has 2 nitrogen and oxygen atoms in total. The number of nitrogens with zero attached hydrogens (tertiary/aromatic N) is 1. The van der Waals surface area contributed by atoms with E-state index in [9.17, 15) is 4.39 Å². The van der Waals surface area contributed by atoms with Gasteiger partial charge in [-0.25, -0.2) is 9.37 Å². The van der Waals surface area contributed by atoms with E-state index in [4.69, 9.17) is 4.74 Å². The van der Waals surface area contributed by atoms with Gasteiger partial charge in [-0.1, -0.05) is 6.08 Å². The molecule has 0 aliphatic rings. The van der Waals surface area contributed by atoms with Gasteiger partial charge < -0.3 is 4.74 Å². The van der Waals surface area contributed by atoms with Crippen LogP contribution in [0.15, 0.2) is 29.4 Å². The molecule has 0 aliphatic heterocycles. The van der Waals surface area contributed by atoms with Gasteiger partial charge in [-0.3, -0.25) is 0 Å². The average Bonchev–Trinajstić information content (AvgIpc) is 2.15. The first kappa shape index (κ1) is 11.2. The fourth-order valence-corrected chi connectivity index (χ4v) is 1.21. The minimum absolute atomic E-state index is 0.0530. The summed E-state index contributed by atoms with van der Waals surface area (Å²) in [6, 6.07) is 1.33. The van der Waals surface area contributed by atoms with Crippen LogP contribution in [0.1, 0.15) is 12.8 Å². The maximum atomic E-state index is 13.1. The predicted octanol–water partition coefficient (Wildman–Crippen LogP) is 3.33. The first-order valence-corrected chi connectivity index (χ1v) is 5.08. The van der Waals surface area contributed by atoms with E-state index in [1.54, 1.807) is 6.08 Å². The van der Waals surface area contributed by atoms with E-state index >= 15 is 0 Å². The maximum Gasteiger partial charge on any atom is 0.250 e. The molecular formula is C10H11BrFNO. The highest BCUT2D eigenvalue weighted by molar-refractivity contribution is 9.10. The van der Waals surface area contributed by atoms with E-state index in [1.165, 1.54) is 12.3 Å². The molecule has 0 radical (unpaired) electrons. The smallest absolute Gasteiger partial charge is 0.250 e. The molecule has 0 fully saturated rings. The zero-order valence-electron chi connectivity index (χ0n) is 7.67. The van der Waals surface area contributed by atoms with Crippen LogP contribution in [-0.2, 0) is 0 Å². The minimum Gasteiger partial charge on any atom is -0.476 e. The number of ether oxygens (including phenoxy) is 1. The number of pyridine rings is 1. The number of rotatable bonds is 5. The van der Waals surface area contributed by atoms with Gasteiger partial charge >= 0.3 is 0 Å². The zero-order chi connectivity index (χ0) is 10.4. The molecule has 4 heteroatoms.